The third-order valence-corrected chi connectivity index (χ3v) is 3.33. The summed E-state index contributed by atoms with van der Waals surface area (Å²) in [5.74, 6) is 0.454. The summed E-state index contributed by atoms with van der Waals surface area (Å²) in [6.45, 7) is 4.04. The number of hydrogen-bond donors (Lipinski definition) is 1. The number of rotatable bonds is 2. The molecule has 104 valence electrons. The summed E-state index contributed by atoms with van der Waals surface area (Å²) in [7, 11) is 0. The van der Waals surface area contributed by atoms with Crippen molar-refractivity contribution in [1.29, 1.82) is 0 Å². The number of aryl methyl sites for hydroxylation is 2. The smallest absolute Gasteiger partial charge is 0.275 e. The fourth-order valence-corrected chi connectivity index (χ4v) is 2.32. The number of amides is 1. The molecule has 1 amide bonds. The lowest BCUT2D eigenvalue weighted by Gasteiger charge is -2.00. The van der Waals surface area contributed by atoms with Gasteiger partial charge in [0.05, 0.1) is 0 Å². The number of carbonyl (C=O) groups excluding carboxylic acids is 1. The van der Waals surface area contributed by atoms with Gasteiger partial charge in [-0.05, 0) is 31.6 Å². The van der Waals surface area contributed by atoms with Crippen molar-refractivity contribution in [2.45, 2.75) is 13.8 Å². The lowest BCUT2D eigenvalue weighted by molar-refractivity contribution is -0.115. The first-order valence-corrected chi connectivity index (χ1v) is 6.87. The highest BCUT2D eigenvalue weighted by molar-refractivity contribution is 6.19. The maximum absolute atomic E-state index is 12.0. The van der Waals surface area contributed by atoms with Crippen molar-refractivity contribution in [3.05, 3.63) is 76.5 Å². The molecule has 0 saturated heterocycles. The van der Waals surface area contributed by atoms with Crippen molar-refractivity contribution in [2.24, 2.45) is 4.99 Å². The minimum absolute atomic E-state index is 0.159. The highest BCUT2D eigenvalue weighted by Crippen LogP contribution is 2.16. The molecule has 0 saturated carbocycles. The molecule has 0 fully saturated rings. The van der Waals surface area contributed by atoms with E-state index in [9.17, 15) is 4.79 Å². The number of amidine groups is 1. The van der Waals surface area contributed by atoms with Crippen molar-refractivity contribution in [3.8, 4) is 0 Å². The van der Waals surface area contributed by atoms with Gasteiger partial charge in [0, 0.05) is 5.56 Å². The molecule has 1 heterocycles. The van der Waals surface area contributed by atoms with Crippen LogP contribution in [0.2, 0.25) is 0 Å². The summed E-state index contributed by atoms with van der Waals surface area (Å²) in [6.07, 6.45) is 1.81. The van der Waals surface area contributed by atoms with Crippen LogP contribution < -0.4 is 5.32 Å². The van der Waals surface area contributed by atoms with Gasteiger partial charge in [0.15, 0.2) is 0 Å². The van der Waals surface area contributed by atoms with E-state index < -0.39 is 0 Å². The Kier molecular flexibility index (Phi) is 3.40. The molecule has 0 aliphatic carbocycles. The minimum atomic E-state index is -0.159. The van der Waals surface area contributed by atoms with E-state index in [-0.39, 0.29) is 5.91 Å². The first-order valence-electron chi connectivity index (χ1n) is 6.87. The Balaban J connectivity index is 1.95. The van der Waals surface area contributed by atoms with Gasteiger partial charge in [-0.3, -0.25) is 4.79 Å². The third kappa shape index (κ3) is 2.92. The quantitative estimate of drug-likeness (QED) is 0.841. The molecule has 0 spiro atoms. The predicted octanol–water partition coefficient (Wildman–Crippen LogP) is 3.22. The topological polar surface area (TPSA) is 41.5 Å². The predicted molar refractivity (Wildman–Crippen MR) is 85.0 cm³/mol. The van der Waals surface area contributed by atoms with Gasteiger partial charge in [0.1, 0.15) is 11.5 Å². The summed E-state index contributed by atoms with van der Waals surface area (Å²) >= 11 is 0. The lowest BCUT2D eigenvalue weighted by atomic mass is 10.1. The van der Waals surface area contributed by atoms with Gasteiger partial charge < -0.3 is 5.32 Å². The van der Waals surface area contributed by atoms with Crippen molar-refractivity contribution < 1.29 is 4.79 Å². The average Bonchev–Trinajstić information content (AvgIpc) is 2.80. The fraction of sp³-hybridized carbons (Fsp3) is 0.111. The zero-order valence-electron chi connectivity index (χ0n) is 12.1. The molecule has 3 heteroatoms. The first-order chi connectivity index (χ1) is 10.1. The number of aliphatic imine (C=N–C) groups is 1. The minimum Gasteiger partial charge on any atom is -0.305 e. The molecule has 2 aromatic rings. The van der Waals surface area contributed by atoms with Crippen molar-refractivity contribution in [1.82, 2.24) is 5.32 Å². The zero-order valence-corrected chi connectivity index (χ0v) is 12.1. The first kappa shape index (κ1) is 13.3. The number of nitrogens with one attached hydrogen (secondary N) is 1. The van der Waals surface area contributed by atoms with Gasteiger partial charge in [-0.1, -0.05) is 53.6 Å². The van der Waals surface area contributed by atoms with Crippen molar-refractivity contribution >= 4 is 17.8 Å². The molecule has 0 radical (unpaired) electrons. The summed E-state index contributed by atoms with van der Waals surface area (Å²) < 4.78 is 0. The van der Waals surface area contributed by atoms with Crippen LogP contribution in [0.3, 0.4) is 0 Å². The standard InChI is InChI=1S/C18H16N2O/c1-12-5-3-7-14(9-12)11-16-18(21)20-17(19-16)15-8-4-6-13(2)10-15/h3-11H,1-2H3,(H,19,20,21)/b16-11+. The Morgan fingerprint density at radius 2 is 1.71 bits per heavy atom. The van der Waals surface area contributed by atoms with Gasteiger partial charge in [-0.2, -0.15) is 0 Å². The molecule has 0 unspecified atom stereocenters. The van der Waals surface area contributed by atoms with Crippen LogP contribution in [0.15, 0.2) is 59.2 Å². The summed E-state index contributed by atoms with van der Waals surface area (Å²) in [6, 6.07) is 15.9. The van der Waals surface area contributed by atoms with Crippen LogP contribution in [-0.2, 0) is 4.79 Å². The number of nitrogens with zero attached hydrogens (tertiary/aromatic N) is 1. The molecule has 1 aliphatic heterocycles. The van der Waals surface area contributed by atoms with Crippen LogP contribution in [0.1, 0.15) is 22.3 Å². The Hall–Kier alpha value is -2.68. The van der Waals surface area contributed by atoms with Crippen LogP contribution in [0.5, 0.6) is 0 Å². The van der Waals surface area contributed by atoms with Crippen LogP contribution in [0.4, 0.5) is 0 Å². The van der Waals surface area contributed by atoms with Crippen LogP contribution >= 0.6 is 0 Å². The fourth-order valence-electron chi connectivity index (χ4n) is 2.32. The van der Waals surface area contributed by atoms with E-state index in [0.29, 0.717) is 11.5 Å². The van der Waals surface area contributed by atoms with Gasteiger partial charge in [0.25, 0.3) is 5.91 Å². The molecule has 2 aromatic carbocycles. The Labute approximate surface area is 124 Å². The van der Waals surface area contributed by atoms with E-state index in [1.165, 1.54) is 0 Å². The van der Waals surface area contributed by atoms with Crippen LogP contribution in [0.25, 0.3) is 6.08 Å². The summed E-state index contributed by atoms with van der Waals surface area (Å²) in [5, 5.41) is 2.83. The van der Waals surface area contributed by atoms with E-state index in [1.54, 1.807) is 0 Å². The van der Waals surface area contributed by atoms with Crippen molar-refractivity contribution in [3.63, 3.8) is 0 Å². The summed E-state index contributed by atoms with van der Waals surface area (Å²) in [4.78, 5) is 16.5. The molecule has 21 heavy (non-hydrogen) atoms. The van der Waals surface area contributed by atoms with Crippen LogP contribution in [-0.4, -0.2) is 11.7 Å². The monoisotopic (exact) mass is 276 g/mol. The molecular formula is C18H16N2O. The number of carbonyl (C=O) groups is 1. The summed E-state index contributed by atoms with van der Waals surface area (Å²) in [5.41, 5.74) is 4.65. The molecule has 1 aliphatic rings. The normalized spacial score (nSPS) is 16.0. The molecule has 3 nitrogen and oxygen atoms in total. The second-order valence-electron chi connectivity index (χ2n) is 5.23. The lowest BCUT2D eigenvalue weighted by Crippen LogP contribution is -2.24. The van der Waals surface area contributed by atoms with E-state index in [4.69, 9.17) is 0 Å². The largest absolute Gasteiger partial charge is 0.305 e. The van der Waals surface area contributed by atoms with E-state index in [0.717, 1.165) is 22.3 Å². The SMILES string of the molecule is Cc1cccc(/C=C2/N=C(c3cccc(C)c3)NC2=O)c1. The Bertz CT molecular complexity index is 772. The highest BCUT2D eigenvalue weighted by atomic mass is 16.2. The molecule has 0 bridgehead atoms. The third-order valence-electron chi connectivity index (χ3n) is 3.33. The Morgan fingerprint density at radius 3 is 2.43 bits per heavy atom. The van der Waals surface area contributed by atoms with Crippen LogP contribution in [0, 0.1) is 13.8 Å². The van der Waals surface area contributed by atoms with Gasteiger partial charge in [-0.25, -0.2) is 4.99 Å². The van der Waals surface area contributed by atoms with E-state index in [1.807, 2.05) is 68.5 Å². The van der Waals surface area contributed by atoms with Gasteiger partial charge in [-0.15, -0.1) is 0 Å². The number of hydrogen-bond acceptors (Lipinski definition) is 2. The van der Waals surface area contributed by atoms with E-state index in [2.05, 4.69) is 10.3 Å². The van der Waals surface area contributed by atoms with E-state index >= 15 is 0 Å². The number of benzene rings is 2. The van der Waals surface area contributed by atoms with Crippen molar-refractivity contribution in [2.75, 3.05) is 0 Å². The molecule has 3 rings (SSSR count). The Morgan fingerprint density at radius 1 is 1.00 bits per heavy atom. The molecule has 0 aromatic heterocycles. The maximum atomic E-state index is 12.0. The van der Waals surface area contributed by atoms with Gasteiger partial charge >= 0.3 is 0 Å². The zero-order chi connectivity index (χ0) is 14.8. The molecule has 0 atom stereocenters. The maximum Gasteiger partial charge on any atom is 0.275 e. The molecular weight excluding hydrogens is 260 g/mol. The molecule has 1 N–H and O–H groups in total. The van der Waals surface area contributed by atoms with Gasteiger partial charge in [0.2, 0.25) is 0 Å². The second-order valence-corrected chi connectivity index (χ2v) is 5.23. The second kappa shape index (κ2) is 5.37. The highest BCUT2D eigenvalue weighted by Gasteiger charge is 2.20. The average molecular weight is 276 g/mol.